The van der Waals surface area contributed by atoms with Crippen LogP contribution in [0, 0.1) is 0 Å². The smallest absolute Gasteiger partial charge is 0.219 e. The Balaban J connectivity index is 1.98. The molecule has 0 aliphatic rings. The van der Waals surface area contributed by atoms with Crippen LogP contribution in [0.5, 0.6) is 17.4 Å². The third kappa shape index (κ3) is 4.26. The topological polar surface area (TPSA) is 64.5 Å². The highest BCUT2D eigenvalue weighted by atomic mass is 16.5. The first-order valence-corrected chi connectivity index (χ1v) is 9.07. The van der Waals surface area contributed by atoms with Crippen molar-refractivity contribution >= 4 is 0 Å². The number of pyridine rings is 2. The predicted molar refractivity (Wildman–Crippen MR) is 104 cm³/mol. The van der Waals surface area contributed by atoms with Gasteiger partial charge in [0.2, 0.25) is 5.88 Å². The number of hydrogen-bond acceptors (Lipinski definition) is 5. The van der Waals surface area contributed by atoms with Crippen LogP contribution in [-0.4, -0.2) is 22.2 Å². The largest absolute Gasteiger partial charge is 0.493 e. The summed E-state index contributed by atoms with van der Waals surface area (Å²) in [4.78, 5) is 8.35. The molecule has 140 valence electrons. The summed E-state index contributed by atoms with van der Waals surface area (Å²) in [6, 6.07) is 14.7. The molecule has 0 aliphatic heterocycles. The molecule has 0 fully saturated rings. The molecule has 1 aromatic carbocycles. The van der Waals surface area contributed by atoms with Gasteiger partial charge in [-0.25, -0.2) is 4.98 Å². The SMILES string of the molecule is CCCCC(O)(c1cccnc1)c1ccc(Oc2ccccn2)c(OC)c1. The second kappa shape index (κ2) is 8.64. The lowest BCUT2D eigenvalue weighted by Gasteiger charge is -2.29. The fraction of sp³-hybridized carbons (Fsp3) is 0.273. The maximum Gasteiger partial charge on any atom is 0.219 e. The average molecular weight is 364 g/mol. The summed E-state index contributed by atoms with van der Waals surface area (Å²) in [5, 5.41) is 11.5. The Morgan fingerprint density at radius 2 is 1.89 bits per heavy atom. The van der Waals surface area contributed by atoms with Gasteiger partial charge in [0.1, 0.15) is 5.60 Å². The van der Waals surface area contributed by atoms with Crippen molar-refractivity contribution in [2.45, 2.75) is 31.8 Å². The molecule has 0 saturated heterocycles. The second-order valence-corrected chi connectivity index (χ2v) is 6.34. The highest BCUT2D eigenvalue weighted by Crippen LogP contribution is 2.39. The zero-order valence-corrected chi connectivity index (χ0v) is 15.6. The van der Waals surface area contributed by atoms with Gasteiger partial charge in [-0.3, -0.25) is 4.98 Å². The summed E-state index contributed by atoms with van der Waals surface area (Å²) < 4.78 is 11.3. The van der Waals surface area contributed by atoms with Crippen molar-refractivity contribution in [3.05, 3.63) is 78.2 Å². The van der Waals surface area contributed by atoms with Crippen LogP contribution in [0.3, 0.4) is 0 Å². The van der Waals surface area contributed by atoms with Gasteiger partial charge < -0.3 is 14.6 Å². The number of benzene rings is 1. The lowest BCUT2D eigenvalue weighted by Crippen LogP contribution is -2.27. The molecular formula is C22H24N2O3. The van der Waals surface area contributed by atoms with Crippen LogP contribution in [-0.2, 0) is 5.60 Å². The van der Waals surface area contributed by atoms with Crippen molar-refractivity contribution in [3.63, 3.8) is 0 Å². The Morgan fingerprint density at radius 3 is 2.56 bits per heavy atom. The quantitative estimate of drug-likeness (QED) is 0.627. The third-order valence-corrected chi connectivity index (χ3v) is 4.52. The van der Waals surface area contributed by atoms with Gasteiger partial charge in [-0.2, -0.15) is 0 Å². The van der Waals surface area contributed by atoms with Crippen LogP contribution >= 0.6 is 0 Å². The number of unbranched alkanes of at least 4 members (excludes halogenated alkanes) is 1. The van der Waals surface area contributed by atoms with Gasteiger partial charge in [0, 0.05) is 30.2 Å². The summed E-state index contributed by atoms with van der Waals surface area (Å²) in [6.07, 6.45) is 7.55. The number of aliphatic hydroxyl groups is 1. The Hall–Kier alpha value is -2.92. The van der Waals surface area contributed by atoms with E-state index >= 15 is 0 Å². The van der Waals surface area contributed by atoms with E-state index in [0.717, 1.165) is 24.0 Å². The van der Waals surface area contributed by atoms with E-state index in [-0.39, 0.29) is 0 Å². The highest BCUT2D eigenvalue weighted by molar-refractivity contribution is 5.48. The van der Waals surface area contributed by atoms with Gasteiger partial charge in [-0.05, 0) is 36.2 Å². The van der Waals surface area contributed by atoms with Gasteiger partial charge in [0.05, 0.1) is 7.11 Å². The lowest BCUT2D eigenvalue weighted by molar-refractivity contribution is 0.0678. The molecule has 3 rings (SSSR count). The normalized spacial score (nSPS) is 13.0. The zero-order chi connectivity index (χ0) is 19.1. The van der Waals surface area contributed by atoms with Gasteiger partial charge in [-0.1, -0.05) is 38.0 Å². The number of methoxy groups -OCH3 is 1. The average Bonchev–Trinajstić information content (AvgIpc) is 2.73. The Labute approximate surface area is 159 Å². The van der Waals surface area contributed by atoms with Crippen molar-refractivity contribution in [2.24, 2.45) is 0 Å². The molecule has 2 aromatic heterocycles. The van der Waals surface area contributed by atoms with Gasteiger partial charge >= 0.3 is 0 Å². The molecule has 27 heavy (non-hydrogen) atoms. The highest BCUT2D eigenvalue weighted by Gasteiger charge is 2.32. The molecule has 5 heteroatoms. The number of nitrogens with zero attached hydrogens (tertiary/aromatic N) is 2. The molecule has 1 atom stereocenters. The molecule has 0 aliphatic carbocycles. The van der Waals surface area contributed by atoms with Crippen LogP contribution in [0.4, 0.5) is 0 Å². The molecule has 0 spiro atoms. The summed E-state index contributed by atoms with van der Waals surface area (Å²) in [7, 11) is 1.58. The van der Waals surface area contributed by atoms with Gasteiger partial charge in [-0.15, -0.1) is 0 Å². The van der Waals surface area contributed by atoms with E-state index in [1.807, 2.05) is 36.4 Å². The molecule has 0 radical (unpaired) electrons. The number of aromatic nitrogens is 2. The summed E-state index contributed by atoms with van der Waals surface area (Å²) in [5.41, 5.74) is 0.370. The summed E-state index contributed by atoms with van der Waals surface area (Å²) in [5.74, 6) is 1.57. The fourth-order valence-electron chi connectivity index (χ4n) is 3.02. The number of rotatable bonds is 8. The van der Waals surface area contributed by atoms with E-state index in [1.54, 1.807) is 37.8 Å². The van der Waals surface area contributed by atoms with Crippen LogP contribution < -0.4 is 9.47 Å². The molecule has 1 unspecified atom stereocenters. The first-order chi connectivity index (χ1) is 13.2. The third-order valence-electron chi connectivity index (χ3n) is 4.52. The van der Waals surface area contributed by atoms with Crippen molar-refractivity contribution in [2.75, 3.05) is 7.11 Å². The van der Waals surface area contributed by atoms with E-state index < -0.39 is 5.60 Å². The van der Waals surface area contributed by atoms with Crippen molar-refractivity contribution in [1.82, 2.24) is 9.97 Å². The molecule has 0 bridgehead atoms. The maximum atomic E-state index is 11.5. The molecular weight excluding hydrogens is 340 g/mol. The van der Waals surface area contributed by atoms with Gasteiger partial charge in [0.25, 0.3) is 0 Å². The minimum Gasteiger partial charge on any atom is -0.493 e. The monoisotopic (exact) mass is 364 g/mol. The lowest BCUT2D eigenvalue weighted by atomic mass is 9.83. The standard InChI is InChI=1S/C22H24N2O3/c1-3-4-12-22(25,18-8-7-13-23-16-18)17-10-11-19(20(15-17)26-2)27-21-9-5-6-14-24-21/h5-11,13-16,25H,3-4,12H2,1-2H3. The second-order valence-electron chi connectivity index (χ2n) is 6.34. The van der Waals surface area contributed by atoms with E-state index in [4.69, 9.17) is 9.47 Å². The van der Waals surface area contributed by atoms with Crippen molar-refractivity contribution < 1.29 is 14.6 Å². The van der Waals surface area contributed by atoms with Crippen LogP contribution in [0.25, 0.3) is 0 Å². The first kappa shape index (κ1) is 18.9. The van der Waals surface area contributed by atoms with E-state index in [1.165, 1.54) is 0 Å². The first-order valence-electron chi connectivity index (χ1n) is 9.07. The van der Waals surface area contributed by atoms with Crippen molar-refractivity contribution in [3.8, 4) is 17.4 Å². The minimum atomic E-state index is -1.14. The van der Waals surface area contributed by atoms with E-state index in [9.17, 15) is 5.11 Å². The number of ether oxygens (including phenoxy) is 2. The van der Waals surface area contributed by atoms with E-state index in [0.29, 0.717) is 23.8 Å². The Bertz CT molecular complexity index is 856. The zero-order valence-electron chi connectivity index (χ0n) is 15.6. The Kier molecular flexibility index (Phi) is 6.04. The number of hydrogen-bond donors (Lipinski definition) is 1. The fourth-order valence-corrected chi connectivity index (χ4v) is 3.02. The predicted octanol–water partition coefficient (Wildman–Crippen LogP) is 4.70. The van der Waals surface area contributed by atoms with Crippen LogP contribution in [0.1, 0.15) is 37.3 Å². The molecule has 1 N–H and O–H groups in total. The minimum absolute atomic E-state index is 0.483. The Morgan fingerprint density at radius 1 is 1.00 bits per heavy atom. The van der Waals surface area contributed by atoms with Crippen LogP contribution in [0.2, 0.25) is 0 Å². The van der Waals surface area contributed by atoms with Crippen molar-refractivity contribution in [1.29, 1.82) is 0 Å². The molecule has 0 amide bonds. The molecule has 5 nitrogen and oxygen atoms in total. The molecule has 3 aromatic rings. The maximum absolute atomic E-state index is 11.5. The molecule has 0 saturated carbocycles. The van der Waals surface area contributed by atoms with E-state index in [2.05, 4.69) is 16.9 Å². The van der Waals surface area contributed by atoms with Crippen LogP contribution in [0.15, 0.2) is 67.1 Å². The summed E-state index contributed by atoms with van der Waals surface area (Å²) >= 11 is 0. The summed E-state index contributed by atoms with van der Waals surface area (Å²) in [6.45, 7) is 2.11. The van der Waals surface area contributed by atoms with Gasteiger partial charge in [0.15, 0.2) is 11.5 Å². The molecule has 2 heterocycles.